The van der Waals surface area contributed by atoms with Crippen LogP contribution < -0.4 is 10.5 Å². The molecule has 4 nitrogen and oxygen atoms in total. The molecule has 1 atom stereocenters. The number of nitrogens with one attached hydrogen (secondary N) is 1. The zero-order chi connectivity index (χ0) is 13.1. The molecule has 0 aliphatic heterocycles. The highest BCUT2D eigenvalue weighted by Gasteiger charge is 2.29. The third-order valence-corrected chi connectivity index (χ3v) is 3.20. The maximum absolute atomic E-state index is 12.2. The molecule has 0 saturated carbocycles. The molecular formula is C9H10F2N2O2S2. The van der Waals surface area contributed by atoms with E-state index < -0.39 is 21.8 Å². The van der Waals surface area contributed by atoms with Crippen molar-refractivity contribution in [3.8, 4) is 0 Å². The van der Waals surface area contributed by atoms with Gasteiger partial charge in [0.05, 0.1) is 11.0 Å². The van der Waals surface area contributed by atoms with Gasteiger partial charge in [0.15, 0.2) is 0 Å². The average molecular weight is 280 g/mol. The second kappa shape index (κ2) is 5.48. The van der Waals surface area contributed by atoms with Crippen LogP contribution in [0.4, 0.5) is 8.78 Å². The fraction of sp³-hybridized carbons (Fsp3) is 0.222. The molecule has 0 fully saturated rings. The first-order chi connectivity index (χ1) is 7.84. The van der Waals surface area contributed by atoms with E-state index in [-0.39, 0.29) is 4.99 Å². The van der Waals surface area contributed by atoms with Crippen LogP contribution in [0.15, 0.2) is 30.3 Å². The number of sulfonamides is 1. The number of nitrogens with two attached hydrogens (primary N) is 1. The summed E-state index contributed by atoms with van der Waals surface area (Å²) in [5, 5.41) is 0. The van der Waals surface area contributed by atoms with Crippen LogP contribution >= 0.6 is 12.2 Å². The second-order valence-electron chi connectivity index (χ2n) is 3.17. The third-order valence-electron chi connectivity index (χ3n) is 1.93. The van der Waals surface area contributed by atoms with Crippen molar-refractivity contribution in [1.29, 1.82) is 0 Å². The molecule has 0 bridgehead atoms. The van der Waals surface area contributed by atoms with Crippen molar-refractivity contribution in [3.63, 3.8) is 0 Å². The molecule has 1 aromatic rings. The van der Waals surface area contributed by atoms with Crippen LogP contribution in [0.1, 0.15) is 11.6 Å². The van der Waals surface area contributed by atoms with Gasteiger partial charge in [0.25, 0.3) is 10.0 Å². The summed E-state index contributed by atoms with van der Waals surface area (Å²) in [5.74, 6) is -3.52. The van der Waals surface area contributed by atoms with Crippen LogP contribution in [0.5, 0.6) is 0 Å². The Hall–Kier alpha value is -1.12. The molecule has 0 radical (unpaired) electrons. The van der Waals surface area contributed by atoms with Gasteiger partial charge in [-0.15, -0.1) is 0 Å². The summed E-state index contributed by atoms with van der Waals surface area (Å²) in [6.07, 6.45) is 0. The first-order valence-electron chi connectivity index (χ1n) is 4.48. The molecule has 0 spiro atoms. The lowest BCUT2D eigenvalue weighted by Crippen LogP contribution is -2.39. The van der Waals surface area contributed by atoms with Crippen molar-refractivity contribution in [1.82, 2.24) is 4.72 Å². The van der Waals surface area contributed by atoms with Gasteiger partial charge >= 0.3 is 5.76 Å². The molecule has 3 N–H and O–H groups in total. The summed E-state index contributed by atoms with van der Waals surface area (Å²) in [4.78, 5) is -0.222. The van der Waals surface area contributed by atoms with Gasteiger partial charge in [-0.3, -0.25) is 0 Å². The summed E-state index contributed by atoms with van der Waals surface area (Å²) >= 11 is 4.66. The first kappa shape index (κ1) is 13.9. The van der Waals surface area contributed by atoms with Crippen molar-refractivity contribution >= 4 is 27.2 Å². The van der Waals surface area contributed by atoms with E-state index in [1.54, 1.807) is 22.9 Å². The van der Waals surface area contributed by atoms with Gasteiger partial charge in [0.1, 0.15) is 0 Å². The monoisotopic (exact) mass is 280 g/mol. The molecule has 94 valence electrons. The Balaban J connectivity index is 3.02. The highest BCUT2D eigenvalue weighted by molar-refractivity contribution is 7.89. The van der Waals surface area contributed by atoms with Crippen molar-refractivity contribution in [2.24, 2.45) is 5.73 Å². The van der Waals surface area contributed by atoms with Crippen molar-refractivity contribution in [3.05, 3.63) is 35.9 Å². The summed E-state index contributed by atoms with van der Waals surface area (Å²) in [5.41, 5.74) is 5.74. The fourth-order valence-corrected chi connectivity index (χ4v) is 2.12. The number of benzene rings is 1. The van der Waals surface area contributed by atoms with Gasteiger partial charge in [0, 0.05) is 0 Å². The van der Waals surface area contributed by atoms with E-state index in [0.29, 0.717) is 5.56 Å². The minimum Gasteiger partial charge on any atom is -0.392 e. The highest BCUT2D eigenvalue weighted by Crippen LogP contribution is 2.16. The second-order valence-corrected chi connectivity index (χ2v) is 5.32. The topological polar surface area (TPSA) is 72.2 Å². The maximum Gasteiger partial charge on any atom is 0.350 e. The predicted molar refractivity (Wildman–Crippen MR) is 64.0 cm³/mol. The van der Waals surface area contributed by atoms with Crippen LogP contribution in [0, 0.1) is 0 Å². The molecule has 17 heavy (non-hydrogen) atoms. The largest absolute Gasteiger partial charge is 0.392 e. The molecule has 1 rings (SSSR count). The SMILES string of the molecule is NC(=S)C(NS(=O)(=O)C(F)F)c1ccccc1. The molecule has 0 aliphatic carbocycles. The first-order valence-corrected chi connectivity index (χ1v) is 6.43. The molecule has 0 heterocycles. The molecule has 1 unspecified atom stereocenters. The summed E-state index contributed by atoms with van der Waals surface area (Å²) in [7, 11) is -4.74. The summed E-state index contributed by atoms with van der Waals surface area (Å²) in [6, 6.07) is 6.89. The number of thiocarbonyl (C=S) groups is 1. The highest BCUT2D eigenvalue weighted by atomic mass is 32.2. The minimum absolute atomic E-state index is 0.222. The standard InChI is InChI=1S/C9H10F2N2O2S2/c10-9(11)17(14,15)13-7(8(12)16)6-4-2-1-3-5-6/h1-5,7,9,13H,(H2,12,16). The van der Waals surface area contributed by atoms with Crippen molar-refractivity contribution in [2.75, 3.05) is 0 Å². The predicted octanol–water partition coefficient (Wildman–Crippen LogP) is 1.16. The quantitative estimate of drug-likeness (QED) is 0.794. The Labute approximate surface area is 103 Å². The number of rotatable bonds is 5. The third kappa shape index (κ3) is 3.69. The van der Waals surface area contributed by atoms with Gasteiger partial charge in [-0.2, -0.15) is 13.5 Å². The lowest BCUT2D eigenvalue weighted by Gasteiger charge is -2.17. The average Bonchev–Trinajstić information content (AvgIpc) is 2.26. The smallest absolute Gasteiger partial charge is 0.350 e. The normalized spacial score (nSPS) is 13.6. The molecule has 0 amide bonds. The lowest BCUT2D eigenvalue weighted by atomic mass is 10.1. The lowest BCUT2D eigenvalue weighted by molar-refractivity contribution is 0.232. The number of halogens is 2. The minimum atomic E-state index is -4.74. The molecule has 0 aromatic heterocycles. The van der Waals surface area contributed by atoms with Gasteiger partial charge in [0.2, 0.25) is 0 Å². The van der Waals surface area contributed by atoms with E-state index in [0.717, 1.165) is 0 Å². The van der Waals surface area contributed by atoms with Crippen LogP contribution in [0.3, 0.4) is 0 Å². The Morgan fingerprint density at radius 3 is 2.24 bits per heavy atom. The summed E-state index contributed by atoms with van der Waals surface area (Å²) < 4.78 is 48.3. The fourth-order valence-electron chi connectivity index (χ4n) is 1.15. The number of hydrogen-bond acceptors (Lipinski definition) is 3. The summed E-state index contributed by atoms with van der Waals surface area (Å²) in [6.45, 7) is 0. The molecular weight excluding hydrogens is 270 g/mol. The van der Waals surface area contributed by atoms with Gasteiger partial charge in [-0.25, -0.2) is 8.42 Å². The van der Waals surface area contributed by atoms with Crippen LogP contribution in [0.25, 0.3) is 0 Å². The Bertz CT molecular complexity index is 491. The Kier molecular flexibility index (Phi) is 4.49. The zero-order valence-corrected chi connectivity index (χ0v) is 10.1. The molecule has 1 aromatic carbocycles. The Morgan fingerprint density at radius 2 is 1.82 bits per heavy atom. The van der Waals surface area contributed by atoms with E-state index in [1.807, 2.05) is 0 Å². The molecule has 0 saturated heterocycles. The van der Waals surface area contributed by atoms with Crippen LogP contribution in [-0.2, 0) is 10.0 Å². The van der Waals surface area contributed by atoms with Crippen molar-refractivity contribution in [2.45, 2.75) is 11.8 Å². The van der Waals surface area contributed by atoms with E-state index in [2.05, 4.69) is 12.2 Å². The van der Waals surface area contributed by atoms with E-state index >= 15 is 0 Å². The zero-order valence-electron chi connectivity index (χ0n) is 8.51. The van der Waals surface area contributed by atoms with Crippen LogP contribution in [-0.4, -0.2) is 19.2 Å². The van der Waals surface area contributed by atoms with Gasteiger partial charge in [-0.05, 0) is 5.56 Å². The van der Waals surface area contributed by atoms with Gasteiger partial charge < -0.3 is 5.73 Å². The van der Waals surface area contributed by atoms with Crippen LogP contribution in [0.2, 0.25) is 0 Å². The van der Waals surface area contributed by atoms with Crippen molar-refractivity contribution < 1.29 is 17.2 Å². The maximum atomic E-state index is 12.2. The van der Waals surface area contributed by atoms with E-state index in [9.17, 15) is 17.2 Å². The number of hydrogen-bond donors (Lipinski definition) is 2. The Morgan fingerprint density at radius 1 is 1.29 bits per heavy atom. The van der Waals surface area contributed by atoms with Gasteiger partial charge in [-0.1, -0.05) is 42.5 Å². The van der Waals surface area contributed by atoms with E-state index in [1.165, 1.54) is 12.1 Å². The van der Waals surface area contributed by atoms with E-state index in [4.69, 9.17) is 5.73 Å². The molecule has 8 heteroatoms. The molecule has 0 aliphatic rings. The number of alkyl halides is 2.